The molecule has 2 aromatic rings. The number of hydrogen-bond donors (Lipinski definition) is 1. The van der Waals surface area contributed by atoms with Gasteiger partial charge in [0.25, 0.3) is 0 Å². The molecule has 0 aliphatic carbocycles. The van der Waals surface area contributed by atoms with Crippen LogP contribution < -0.4 is 0 Å². The van der Waals surface area contributed by atoms with Crippen LogP contribution in [0, 0.1) is 19.7 Å². The summed E-state index contributed by atoms with van der Waals surface area (Å²) in [5, 5.41) is 10.1. The lowest BCUT2D eigenvalue weighted by Crippen LogP contribution is -2.05. The van der Waals surface area contributed by atoms with Crippen molar-refractivity contribution >= 4 is 0 Å². The second-order valence-corrected chi connectivity index (χ2v) is 4.69. The van der Waals surface area contributed by atoms with Crippen LogP contribution in [0.15, 0.2) is 42.5 Å². The van der Waals surface area contributed by atoms with Gasteiger partial charge in [-0.2, -0.15) is 0 Å². The van der Waals surface area contributed by atoms with Crippen LogP contribution in [0.25, 0.3) is 0 Å². The second-order valence-electron chi connectivity index (χ2n) is 4.69. The maximum atomic E-state index is 13.9. The lowest BCUT2D eigenvalue weighted by atomic mass is 9.98. The minimum Gasteiger partial charge on any atom is -0.388 e. The van der Waals surface area contributed by atoms with Crippen LogP contribution in [-0.2, 0) is 6.42 Å². The van der Waals surface area contributed by atoms with Crippen molar-refractivity contribution in [2.75, 3.05) is 0 Å². The van der Waals surface area contributed by atoms with Gasteiger partial charge in [0.05, 0.1) is 6.10 Å². The second kappa shape index (κ2) is 5.32. The van der Waals surface area contributed by atoms with Crippen LogP contribution in [0.1, 0.15) is 28.4 Å². The molecular weight excluding hydrogens is 227 g/mol. The van der Waals surface area contributed by atoms with E-state index in [1.807, 2.05) is 31.2 Å². The molecule has 2 rings (SSSR count). The lowest BCUT2D eigenvalue weighted by molar-refractivity contribution is 0.173. The van der Waals surface area contributed by atoms with Crippen LogP contribution in [0.5, 0.6) is 0 Å². The molecule has 0 radical (unpaired) electrons. The molecule has 2 heteroatoms. The highest BCUT2D eigenvalue weighted by Crippen LogP contribution is 2.23. The fourth-order valence-corrected chi connectivity index (χ4v) is 2.10. The largest absolute Gasteiger partial charge is 0.388 e. The summed E-state index contributed by atoms with van der Waals surface area (Å²) in [6, 6.07) is 13.0. The molecule has 0 saturated heterocycles. The lowest BCUT2D eigenvalue weighted by Gasteiger charge is -2.13. The molecule has 1 unspecified atom stereocenters. The fraction of sp³-hybridized carbons (Fsp3) is 0.250. The van der Waals surface area contributed by atoms with Crippen LogP contribution >= 0.6 is 0 Å². The highest BCUT2D eigenvalue weighted by molar-refractivity contribution is 5.29. The molecular formula is C16H17FO. The third-order valence-electron chi connectivity index (χ3n) is 3.09. The molecule has 0 spiro atoms. The average Bonchev–Trinajstić information content (AvgIpc) is 2.32. The van der Waals surface area contributed by atoms with E-state index in [9.17, 15) is 9.50 Å². The maximum absolute atomic E-state index is 13.9. The predicted molar refractivity (Wildman–Crippen MR) is 71.0 cm³/mol. The molecule has 0 aliphatic heterocycles. The summed E-state index contributed by atoms with van der Waals surface area (Å²) >= 11 is 0. The molecule has 0 heterocycles. The standard InChI is InChI=1S/C16H17FO/c1-11-5-3-7-13(9-11)10-15(18)14-8-4-6-12(2)16(14)17/h3-9,15,18H,10H2,1-2H3. The Balaban J connectivity index is 2.22. The number of aliphatic hydroxyl groups is 1. The third kappa shape index (κ3) is 2.77. The average molecular weight is 244 g/mol. The zero-order valence-corrected chi connectivity index (χ0v) is 10.7. The molecule has 1 N–H and O–H groups in total. The van der Waals surface area contributed by atoms with Crippen molar-refractivity contribution in [3.05, 3.63) is 70.5 Å². The predicted octanol–water partition coefficient (Wildman–Crippen LogP) is 3.72. The van der Waals surface area contributed by atoms with Crippen LogP contribution in [0.4, 0.5) is 4.39 Å². The van der Waals surface area contributed by atoms with E-state index in [0.717, 1.165) is 11.1 Å². The van der Waals surface area contributed by atoms with E-state index in [4.69, 9.17) is 0 Å². The molecule has 0 aromatic heterocycles. The number of halogens is 1. The highest BCUT2D eigenvalue weighted by Gasteiger charge is 2.14. The Kier molecular flexibility index (Phi) is 3.78. The zero-order valence-electron chi connectivity index (χ0n) is 10.7. The van der Waals surface area contributed by atoms with Crippen molar-refractivity contribution in [1.29, 1.82) is 0 Å². The monoisotopic (exact) mass is 244 g/mol. The summed E-state index contributed by atoms with van der Waals surface area (Å²) in [4.78, 5) is 0. The van der Waals surface area contributed by atoms with E-state index in [-0.39, 0.29) is 5.82 Å². The smallest absolute Gasteiger partial charge is 0.131 e. The molecule has 1 nitrogen and oxygen atoms in total. The molecule has 0 bridgehead atoms. The van der Waals surface area contributed by atoms with Gasteiger partial charge in [-0.15, -0.1) is 0 Å². The van der Waals surface area contributed by atoms with Gasteiger partial charge >= 0.3 is 0 Å². The summed E-state index contributed by atoms with van der Waals surface area (Å²) < 4.78 is 13.9. The maximum Gasteiger partial charge on any atom is 0.131 e. The zero-order chi connectivity index (χ0) is 13.1. The number of hydrogen-bond acceptors (Lipinski definition) is 1. The molecule has 94 valence electrons. The first-order valence-corrected chi connectivity index (χ1v) is 6.06. The van der Waals surface area contributed by atoms with Crippen molar-refractivity contribution in [3.63, 3.8) is 0 Å². The molecule has 2 aromatic carbocycles. The fourth-order valence-electron chi connectivity index (χ4n) is 2.10. The topological polar surface area (TPSA) is 20.2 Å². The van der Waals surface area contributed by atoms with Crippen LogP contribution in [0.2, 0.25) is 0 Å². The Morgan fingerprint density at radius 1 is 1.11 bits per heavy atom. The first-order valence-electron chi connectivity index (χ1n) is 6.06. The number of aliphatic hydroxyl groups excluding tert-OH is 1. The highest BCUT2D eigenvalue weighted by atomic mass is 19.1. The van der Waals surface area contributed by atoms with Crippen LogP contribution in [-0.4, -0.2) is 5.11 Å². The van der Waals surface area contributed by atoms with Gasteiger partial charge in [0.1, 0.15) is 5.82 Å². The Morgan fingerprint density at radius 3 is 2.56 bits per heavy atom. The van der Waals surface area contributed by atoms with E-state index in [1.54, 1.807) is 25.1 Å². The number of rotatable bonds is 3. The number of aryl methyl sites for hydroxylation is 2. The summed E-state index contributed by atoms with van der Waals surface area (Å²) in [6.07, 6.45) is -0.367. The van der Waals surface area contributed by atoms with Crippen molar-refractivity contribution in [1.82, 2.24) is 0 Å². The summed E-state index contributed by atoms with van der Waals surface area (Å²) in [5.74, 6) is -0.308. The Hall–Kier alpha value is -1.67. The van der Waals surface area contributed by atoms with E-state index >= 15 is 0 Å². The van der Waals surface area contributed by atoms with Crippen molar-refractivity contribution < 1.29 is 9.50 Å². The quantitative estimate of drug-likeness (QED) is 0.872. The Bertz CT molecular complexity index is 549. The first-order chi connectivity index (χ1) is 8.58. The van der Waals surface area contributed by atoms with Gasteiger partial charge in [-0.3, -0.25) is 0 Å². The van der Waals surface area contributed by atoms with Gasteiger partial charge < -0.3 is 5.11 Å². The van der Waals surface area contributed by atoms with E-state index in [2.05, 4.69) is 0 Å². The molecule has 18 heavy (non-hydrogen) atoms. The van der Waals surface area contributed by atoms with Gasteiger partial charge in [-0.25, -0.2) is 4.39 Å². The van der Waals surface area contributed by atoms with E-state index in [1.165, 1.54) is 0 Å². The van der Waals surface area contributed by atoms with Crippen molar-refractivity contribution in [2.24, 2.45) is 0 Å². The van der Waals surface area contributed by atoms with E-state index in [0.29, 0.717) is 17.5 Å². The third-order valence-corrected chi connectivity index (χ3v) is 3.09. The van der Waals surface area contributed by atoms with E-state index < -0.39 is 6.10 Å². The summed E-state index contributed by atoms with van der Waals surface area (Å²) in [6.45, 7) is 3.71. The Morgan fingerprint density at radius 2 is 1.83 bits per heavy atom. The molecule has 1 atom stereocenters. The number of benzene rings is 2. The molecule has 0 fully saturated rings. The minimum absolute atomic E-state index is 0.308. The van der Waals surface area contributed by atoms with Crippen molar-refractivity contribution in [2.45, 2.75) is 26.4 Å². The molecule has 0 amide bonds. The minimum atomic E-state index is -0.799. The first kappa shape index (κ1) is 12.8. The summed E-state index contributed by atoms with van der Waals surface area (Å²) in [7, 11) is 0. The molecule has 0 aliphatic rings. The van der Waals surface area contributed by atoms with Crippen LogP contribution in [0.3, 0.4) is 0 Å². The van der Waals surface area contributed by atoms with Gasteiger partial charge in [0.15, 0.2) is 0 Å². The summed E-state index contributed by atoms with van der Waals surface area (Å²) in [5.41, 5.74) is 3.10. The van der Waals surface area contributed by atoms with Gasteiger partial charge in [-0.05, 0) is 25.0 Å². The van der Waals surface area contributed by atoms with Gasteiger partial charge in [-0.1, -0.05) is 48.0 Å². The normalized spacial score (nSPS) is 12.4. The Labute approximate surface area is 107 Å². The van der Waals surface area contributed by atoms with Crippen molar-refractivity contribution in [3.8, 4) is 0 Å². The van der Waals surface area contributed by atoms with Gasteiger partial charge in [0, 0.05) is 12.0 Å². The SMILES string of the molecule is Cc1cccc(CC(O)c2cccc(C)c2F)c1. The van der Waals surface area contributed by atoms with Gasteiger partial charge in [0.2, 0.25) is 0 Å². The molecule has 0 saturated carbocycles.